The molecule has 166 valence electrons. The van der Waals surface area contributed by atoms with E-state index in [1.807, 2.05) is 0 Å². The van der Waals surface area contributed by atoms with Crippen molar-refractivity contribution < 1.29 is 18.7 Å². The Hall–Kier alpha value is -2.79. The number of nitrogens with zero attached hydrogens (tertiary/aromatic N) is 4. The summed E-state index contributed by atoms with van der Waals surface area (Å²) in [6, 6.07) is 4.67. The van der Waals surface area contributed by atoms with Gasteiger partial charge in [0.1, 0.15) is 0 Å². The Balaban J connectivity index is 1.53. The van der Waals surface area contributed by atoms with Crippen LogP contribution in [-0.2, 0) is 4.74 Å². The van der Waals surface area contributed by atoms with E-state index < -0.39 is 5.82 Å². The van der Waals surface area contributed by atoms with Crippen molar-refractivity contribution in [3.63, 3.8) is 0 Å². The number of aromatic nitrogens is 3. The second-order valence-electron chi connectivity index (χ2n) is 7.01. The minimum Gasteiger partial charge on any atom is -0.379 e. The Bertz CT molecular complexity index is 1110. The predicted octanol–water partition coefficient (Wildman–Crippen LogP) is 3.01. The van der Waals surface area contributed by atoms with Crippen molar-refractivity contribution in [2.24, 2.45) is 0 Å². The molecule has 1 N–H and O–H groups in total. The summed E-state index contributed by atoms with van der Waals surface area (Å²) in [5.41, 5.74) is 0.804. The number of aldehydes is 1. The second-order valence-corrected chi connectivity index (χ2v) is 8.51. The fourth-order valence-electron chi connectivity index (χ4n) is 3.39. The molecule has 1 aromatic carbocycles. The Morgan fingerprint density at radius 3 is 2.69 bits per heavy atom. The average Bonchev–Trinajstić information content (AvgIpc) is 3.30. The average molecular weight is 476 g/mol. The highest BCUT2D eigenvalue weighted by molar-refractivity contribution is 7.13. The van der Waals surface area contributed by atoms with Crippen molar-refractivity contribution in [1.82, 2.24) is 25.2 Å². The summed E-state index contributed by atoms with van der Waals surface area (Å²) in [7, 11) is 0. The maximum absolute atomic E-state index is 13.1. The van der Waals surface area contributed by atoms with E-state index >= 15 is 0 Å². The maximum atomic E-state index is 13.1. The van der Waals surface area contributed by atoms with E-state index in [0.29, 0.717) is 49.7 Å². The zero-order valence-corrected chi connectivity index (χ0v) is 18.4. The van der Waals surface area contributed by atoms with Gasteiger partial charge in [-0.2, -0.15) is 0 Å². The first kappa shape index (κ1) is 22.4. The molecule has 1 fully saturated rings. The van der Waals surface area contributed by atoms with Gasteiger partial charge in [0.2, 0.25) is 0 Å². The van der Waals surface area contributed by atoms with Gasteiger partial charge < -0.3 is 10.1 Å². The van der Waals surface area contributed by atoms with Crippen molar-refractivity contribution in [2.45, 2.75) is 6.04 Å². The third-order valence-corrected chi connectivity index (χ3v) is 6.36. The Labute approximate surface area is 192 Å². The first-order chi connectivity index (χ1) is 15.5. The number of hydrogen-bond donors (Lipinski definition) is 1. The molecule has 0 spiro atoms. The molecule has 32 heavy (non-hydrogen) atoms. The fourth-order valence-corrected chi connectivity index (χ4v) is 4.46. The quantitative estimate of drug-likeness (QED) is 0.524. The third kappa shape index (κ3) is 5.16. The lowest BCUT2D eigenvalue weighted by atomic mass is 10.1. The third-order valence-electron chi connectivity index (χ3n) is 5.00. The van der Waals surface area contributed by atoms with E-state index in [1.165, 1.54) is 11.3 Å². The van der Waals surface area contributed by atoms with Crippen LogP contribution in [0.1, 0.15) is 31.1 Å². The fraction of sp³-hybridized carbons (Fsp3) is 0.286. The van der Waals surface area contributed by atoms with Crippen molar-refractivity contribution >= 4 is 35.1 Å². The van der Waals surface area contributed by atoms with Crippen molar-refractivity contribution in [3.05, 3.63) is 63.1 Å². The summed E-state index contributed by atoms with van der Waals surface area (Å²) in [5.74, 6) is -0.623. The minimum atomic E-state index is -0.546. The number of nitrogens with one attached hydrogen (secondary N) is 1. The molecule has 0 radical (unpaired) electrons. The Morgan fingerprint density at radius 2 is 2.00 bits per heavy atom. The van der Waals surface area contributed by atoms with Gasteiger partial charge in [0, 0.05) is 36.3 Å². The van der Waals surface area contributed by atoms with Crippen LogP contribution in [0.4, 0.5) is 4.39 Å². The van der Waals surface area contributed by atoms with Gasteiger partial charge in [-0.15, -0.1) is 11.3 Å². The maximum Gasteiger partial charge on any atom is 0.252 e. The lowest BCUT2D eigenvalue weighted by Gasteiger charge is -2.33. The number of thiazole rings is 1. The summed E-state index contributed by atoms with van der Waals surface area (Å²) in [6.07, 6.45) is 4.50. The van der Waals surface area contributed by atoms with Crippen LogP contribution in [0, 0.1) is 5.82 Å². The zero-order valence-electron chi connectivity index (χ0n) is 16.8. The van der Waals surface area contributed by atoms with E-state index in [2.05, 4.69) is 25.2 Å². The number of morpholine rings is 1. The number of carbonyl (C=O) groups excluding carboxylic acids is 2. The van der Waals surface area contributed by atoms with E-state index in [0.717, 1.165) is 17.3 Å². The normalized spacial score (nSPS) is 15.3. The predicted molar refractivity (Wildman–Crippen MR) is 117 cm³/mol. The van der Waals surface area contributed by atoms with Crippen LogP contribution in [0.2, 0.25) is 5.02 Å². The molecule has 8 nitrogen and oxygen atoms in total. The van der Waals surface area contributed by atoms with Crippen LogP contribution in [0.25, 0.3) is 11.4 Å². The lowest BCUT2D eigenvalue weighted by Crippen LogP contribution is -2.43. The molecule has 0 aliphatic carbocycles. The molecule has 1 saturated heterocycles. The van der Waals surface area contributed by atoms with Gasteiger partial charge in [0.25, 0.3) is 5.91 Å². The summed E-state index contributed by atoms with van der Waals surface area (Å²) in [6.45, 7) is 2.89. The van der Waals surface area contributed by atoms with E-state index in [4.69, 9.17) is 16.3 Å². The number of carbonyl (C=O) groups is 2. The molecule has 0 saturated carbocycles. The molecule has 1 atom stereocenters. The van der Waals surface area contributed by atoms with Gasteiger partial charge in [0.15, 0.2) is 22.9 Å². The van der Waals surface area contributed by atoms with Gasteiger partial charge in [-0.25, -0.2) is 19.3 Å². The van der Waals surface area contributed by atoms with Gasteiger partial charge in [0.05, 0.1) is 42.2 Å². The molecule has 11 heteroatoms. The molecule has 1 unspecified atom stereocenters. The van der Waals surface area contributed by atoms with E-state index in [-0.39, 0.29) is 28.4 Å². The molecule has 4 rings (SSSR count). The van der Waals surface area contributed by atoms with Crippen LogP contribution in [0.15, 0.2) is 36.8 Å². The van der Waals surface area contributed by atoms with E-state index in [9.17, 15) is 14.0 Å². The largest absolute Gasteiger partial charge is 0.379 e. The number of rotatable bonds is 7. The molecular weight excluding hydrogens is 457 g/mol. The Morgan fingerprint density at radius 1 is 1.25 bits per heavy atom. The molecule has 3 heterocycles. The highest BCUT2D eigenvalue weighted by Gasteiger charge is 2.26. The first-order valence-corrected chi connectivity index (χ1v) is 11.0. The van der Waals surface area contributed by atoms with Gasteiger partial charge in [-0.3, -0.25) is 14.5 Å². The molecule has 1 aliphatic rings. The van der Waals surface area contributed by atoms with Crippen LogP contribution in [0.5, 0.6) is 0 Å². The minimum absolute atomic E-state index is 0.156. The van der Waals surface area contributed by atoms with Gasteiger partial charge in [-0.1, -0.05) is 11.6 Å². The molecular formula is C21H19ClFN5O3S. The monoisotopic (exact) mass is 475 g/mol. The summed E-state index contributed by atoms with van der Waals surface area (Å²) in [4.78, 5) is 39.1. The van der Waals surface area contributed by atoms with Crippen LogP contribution in [0.3, 0.4) is 0 Å². The van der Waals surface area contributed by atoms with Crippen molar-refractivity contribution in [2.75, 3.05) is 32.8 Å². The Kier molecular flexibility index (Phi) is 7.15. The summed E-state index contributed by atoms with van der Waals surface area (Å²) in [5, 5.41) is 3.60. The summed E-state index contributed by atoms with van der Waals surface area (Å²) >= 11 is 7.57. The van der Waals surface area contributed by atoms with Crippen molar-refractivity contribution in [1.29, 1.82) is 0 Å². The molecule has 1 amide bonds. The number of amides is 1. The van der Waals surface area contributed by atoms with Crippen LogP contribution >= 0.6 is 22.9 Å². The standard InChI is InChI=1S/C21H19ClFN5O3S/c22-16-2-1-13(20-25-8-14(23)9-26-20)7-15(16)21(30)27-10-17(28-3-5-31-6-4-28)18-11-24-19(12-29)32-18/h1-2,7-9,11-12,17H,3-6,10H2,(H,27,30). The van der Waals surface area contributed by atoms with Crippen LogP contribution < -0.4 is 5.32 Å². The number of benzene rings is 1. The number of hydrogen-bond acceptors (Lipinski definition) is 8. The second kappa shape index (κ2) is 10.2. The number of halogens is 2. The van der Waals surface area contributed by atoms with E-state index in [1.54, 1.807) is 24.4 Å². The highest BCUT2D eigenvalue weighted by atomic mass is 35.5. The molecule has 3 aromatic rings. The number of ether oxygens (including phenoxy) is 1. The smallest absolute Gasteiger partial charge is 0.252 e. The highest BCUT2D eigenvalue weighted by Crippen LogP contribution is 2.27. The summed E-state index contributed by atoms with van der Waals surface area (Å²) < 4.78 is 18.6. The zero-order chi connectivity index (χ0) is 22.5. The SMILES string of the molecule is O=Cc1ncc(C(CNC(=O)c2cc(-c3ncc(F)cn3)ccc2Cl)N2CCOCC2)s1. The van der Waals surface area contributed by atoms with Crippen LogP contribution in [-0.4, -0.2) is 64.9 Å². The van der Waals surface area contributed by atoms with Gasteiger partial charge >= 0.3 is 0 Å². The van der Waals surface area contributed by atoms with Crippen molar-refractivity contribution in [3.8, 4) is 11.4 Å². The topological polar surface area (TPSA) is 97.3 Å². The van der Waals surface area contributed by atoms with Gasteiger partial charge in [-0.05, 0) is 18.2 Å². The lowest BCUT2D eigenvalue weighted by molar-refractivity contribution is 0.0169. The first-order valence-electron chi connectivity index (χ1n) is 9.83. The molecule has 2 aromatic heterocycles. The molecule has 0 bridgehead atoms. The molecule has 1 aliphatic heterocycles.